The zero-order valence-corrected chi connectivity index (χ0v) is 15.2. The van der Waals surface area contributed by atoms with Crippen LogP contribution in [0.1, 0.15) is 11.1 Å². The Bertz CT molecular complexity index is 987. The number of anilines is 2. The molecule has 0 atom stereocenters. The van der Waals surface area contributed by atoms with Crippen molar-refractivity contribution in [2.45, 2.75) is 13.8 Å². The standard InChI is InChI=1S/C19H16Cl2N2O2/c1-10-3-4-12(7-11(10)2)22-19(25)23-18-15-8-13(24)5-6-14(15)16(20)9-17(18)21/h3-9,24H,1-2H3,(H2,22,23,25). The lowest BCUT2D eigenvalue weighted by atomic mass is 10.1. The highest BCUT2D eigenvalue weighted by Crippen LogP contribution is 2.38. The number of halogens is 2. The van der Waals surface area contributed by atoms with Gasteiger partial charge in [0.15, 0.2) is 0 Å². The third-order valence-electron chi connectivity index (χ3n) is 4.03. The molecule has 3 N–H and O–H groups in total. The van der Waals surface area contributed by atoms with Crippen LogP contribution in [0.15, 0.2) is 42.5 Å². The van der Waals surface area contributed by atoms with E-state index < -0.39 is 6.03 Å². The van der Waals surface area contributed by atoms with Gasteiger partial charge in [-0.05, 0) is 61.4 Å². The second kappa shape index (κ2) is 6.82. The number of aryl methyl sites for hydroxylation is 2. The Balaban J connectivity index is 1.93. The van der Waals surface area contributed by atoms with E-state index in [0.717, 1.165) is 11.1 Å². The average molecular weight is 375 g/mol. The first-order chi connectivity index (χ1) is 11.8. The fourth-order valence-electron chi connectivity index (χ4n) is 2.56. The number of rotatable bonds is 2. The van der Waals surface area contributed by atoms with Gasteiger partial charge in [-0.3, -0.25) is 0 Å². The van der Waals surface area contributed by atoms with E-state index in [0.29, 0.717) is 32.2 Å². The van der Waals surface area contributed by atoms with Gasteiger partial charge in [0.1, 0.15) is 5.75 Å². The van der Waals surface area contributed by atoms with Gasteiger partial charge >= 0.3 is 6.03 Å². The Morgan fingerprint density at radius 1 is 0.880 bits per heavy atom. The van der Waals surface area contributed by atoms with E-state index in [-0.39, 0.29) is 5.75 Å². The Morgan fingerprint density at radius 2 is 1.64 bits per heavy atom. The van der Waals surface area contributed by atoms with Crippen LogP contribution in [0.3, 0.4) is 0 Å². The molecule has 2 amide bonds. The molecule has 3 rings (SSSR count). The molecule has 0 unspecified atom stereocenters. The Hall–Kier alpha value is -2.43. The van der Waals surface area contributed by atoms with E-state index >= 15 is 0 Å². The van der Waals surface area contributed by atoms with Crippen LogP contribution in [0.5, 0.6) is 5.75 Å². The van der Waals surface area contributed by atoms with Crippen LogP contribution in [0, 0.1) is 13.8 Å². The summed E-state index contributed by atoms with van der Waals surface area (Å²) in [5.74, 6) is 0.0588. The summed E-state index contributed by atoms with van der Waals surface area (Å²) in [5, 5.41) is 17.2. The topological polar surface area (TPSA) is 61.4 Å². The normalized spacial score (nSPS) is 10.7. The summed E-state index contributed by atoms with van der Waals surface area (Å²) < 4.78 is 0. The molecule has 0 heterocycles. The number of phenolic OH excluding ortho intramolecular Hbond substituents is 1. The summed E-state index contributed by atoms with van der Waals surface area (Å²) in [6.45, 7) is 3.98. The zero-order valence-electron chi connectivity index (χ0n) is 13.7. The molecule has 4 nitrogen and oxygen atoms in total. The van der Waals surface area contributed by atoms with Crippen molar-refractivity contribution in [1.82, 2.24) is 0 Å². The Labute approximate surface area is 155 Å². The number of hydrogen-bond acceptors (Lipinski definition) is 2. The molecular weight excluding hydrogens is 359 g/mol. The SMILES string of the molecule is Cc1ccc(NC(=O)Nc2c(Cl)cc(Cl)c3ccc(O)cc23)cc1C. The van der Waals surface area contributed by atoms with E-state index in [4.69, 9.17) is 23.2 Å². The van der Waals surface area contributed by atoms with E-state index in [1.807, 2.05) is 32.0 Å². The summed E-state index contributed by atoms with van der Waals surface area (Å²) in [6.07, 6.45) is 0. The number of aromatic hydroxyl groups is 1. The first-order valence-corrected chi connectivity index (χ1v) is 8.37. The molecule has 0 saturated carbocycles. The quantitative estimate of drug-likeness (QED) is 0.506. The fourth-order valence-corrected chi connectivity index (χ4v) is 3.15. The molecule has 0 aromatic heterocycles. The number of phenols is 1. The lowest BCUT2D eigenvalue weighted by Crippen LogP contribution is -2.20. The van der Waals surface area contributed by atoms with Gasteiger partial charge in [0.2, 0.25) is 0 Å². The van der Waals surface area contributed by atoms with Gasteiger partial charge in [-0.1, -0.05) is 29.3 Å². The maximum Gasteiger partial charge on any atom is 0.323 e. The van der Waals surface area contributed by atoms with E-state index in [1.165, 1.54) is 12.1 Å². The van der Waals surface area contributed by atoms with E-state index in [9.17, 15) is 9.90 Å². The monoisotopic (exact) mass is 374 g/mol. The lowest BCUT2D eigenvalue weighted by molar-refractivity contribution is 0.262. The minimum Gasteiger partial charge on any atom is -0.508 e. The van der Waals surface area contributed by atoms with Gasteiger partial charge in [-0.2, -0.15) is 0 Å². The van der Waals surface area contributed by atoms with Crippen molar-refractivity contribution in [3.05, 3.63) is 63.6 Å². The number of fused-ring (bicyclic) bond motifs is 1. The molecule has 3 aromatic rings. The Morgan fingerprint density at radius 3 is 2.36 bits per heavy atom. The predicted molar refractivity (Wildman–Crippen MR) is 104 cm³/mol. The van der Waals surface area contributed by atoms with Crippen molar-refractivity contribution in [3.8, 4) is 5.75 Å². The molecule has 3 aromatic carbocycles. The molecule has 0 radical (unpaired) electrons. The molecule has 0 aliphatic carbocycles. The molecule has 6 heteroatoms. The predicted octanol–water partition coefficient (Wildman–Crippen LogP) is 6.11. The molecule has 0 aliphatic heterocycles. The van der Waals surface area contributed by atoms with Crippen molar-refractivity contribution < 1.29 is 9.90 Å². The summed E-state index contributed by atoms with van der Waals surface area (Å²) >= 11 is 12.4. The lowest BCUT2D eigenvalue weighted by Gasteiger charge is -2.14. The largest absolute Gasteiger partial charge is 0.508 e. The van der Waals surface area contributed by atoms with Crippen molar-refractivity contribution in [1.29, 1.82) is 0 Å². The van der Waals surface area contributed by atoms with Gasteiger partial charge in [0, 0.05) is 16.5 Å². The van der Waals surface area contributed by atoms with Crippen LogP contribution in [-0.4, -0.2) is 11.1 Å². The minimum absolute atomic E-state index is 0.0588. The van der Waals surface area contributed by atoms with Gasteiger partial charge in [-0.15, -0.1) is 0 Å². The number of amides is 2. The van der Waals surface area contributed by atoms with Crippen LogP contribution in [0.4, 0.5) is 16.2 Å². The van der Waals surface area contributed by atoms with Gasteiger partial charge < -0.3 is 15.7 Å². The van der Waals surface area contributed by atoms with Crippen molar-refractivity contribution >= 4 is 51.4 Å². The maximum atomic E-state index is 12.4. The molecule has 128 valence electrons. The molecule has 0 aliphatic rings. The summed E-state index contributed by atoms with van der Waals surface area (Å²) in [6, 6.07) is 11.5. The first-order valence-electron chi connectivity index (χ1n) is 7.61. The molecule has 0 fully saturated rings. The fraction of sp³-hybridized carbons (Fsp3) is 0.105. The van der Waals surface area contributed by atoms with Gasteiger partial charge in [0.05, 0.1) is 15.7 Å². The van der Waals surface area contributed by atoms with Crippen LogP contribution in [0.2, 0.25) is 10.0 Å². The van der Waals surface area contributed by atoms with Crippen molar-refractivity contribution in [2.75, 3.05) is 10.6 Å². The summed E-state index contributed by atoms with van der Waals surface area (Å²) in [5.41, 5.74) is 3.29. The number of hydrogen-bond donors (Lipinski definition) is 3. The summed E-state index contributed by atoms with van der Waals surface area (Å²) in [7, 11) is 0. The number of carbonyl (C=O) groups excluding carboxylic acids is 1. The molecule has 0 saturated heterocycles. The van der Waals surface area contributed by atoms with E-state index in [2.05, 4.69) is 10.6 Å². The van der Waals surface area contributed by atoms with Crippen molar-refractivity contribution in [3.63, 3.8) is 0 Å². The van der Waals surface area contributed by atoms with Crippen LogP contribution in [-0.2, 0) is 0 Å². The maximum absolute atomic E-state index is 12.4. The van der Waals surface area contributed by atoms with Crippen molar-refractivity contribution in [2.24, 2.45) is 0 Å². The smallest absolute Gasteiger partial charge is 0.323 e. The van der Waals surface area contributed by atoms with Crippen LogP contribution < -0.4 is 10.6 Å². The van der Waals surface area contributed by atoms with Crippen LogP contribution in [0.25, 0.3) is 10.8 Å². The highest BCUT2D eigenvalue weighted by atomic mass is 35.5. The average Bonchev–Trinajstić information content (AvgIpc) is 2.54. The third-order valence-corrected chi connectivity index (χ3v) is 4.64. The Kier molecular flexibility index (Phi) is 4.75. The van der Waals surface area contributed by atoms with E-state index in [1.54, 1.807) is 12.1 Å². The van der Waals surface area contributed by atoms with Crippen LogP contribution >= 0.6 is 23.2 Å². The zero-order chi connectivity index (χ0) is 18.1. The second-order valence-corrected chi connectivity index (χ2v) is 6.64. The molecule has 25 heavy (non-hydrogen) atoms. The molecule has 0 bridgehead atoms. The summed E-state index contributed by atoms with van der Waals surface area (Å²) in [4.78, 5) is 12.4. The molecular formula is C19H16Cl2N2O2. The number of carbonyl (C=O) groups is 1. The highest BCUT2D eigenvalue weighted by Gasteiger charge is 2.14. The number of benzene rings is 3. The van der Waals surface area contributed by atoms with Gasteiger partial charge in [0.25, 0.3) is 0 Å². The minimum atomic E-state index is -0.433. The first kappa shape index (κ1) is 17.4. The van der Waals surface area contributed by atoms with Gasteiger partial charge in [-0.25, -0.2) is 4.79 Å². The second-order valence-electron chi connectivity index (χ2n) is 5.82. The molecule has 0 spiro atoms. The number of urea groups is 1. The highest BCUT2D eigenvalue weighted by molar-refractivity contribution is 6.41. The number of nitrogens with one attached hydrogen (secondary N) is 2. The third kappa shape index (κ3) is 3.65.